The Morgan fingerprint density at radius 1 is 0.317 bits per heavy atom. The molecule has 0 aliphatic carbocycles. The van der Waals surface area contributed by atoms with E-state index in [1.54, 1.807) is 0 Å². The van der Waals surface area contributed by atoms with Crippen molar-refractivity contribution in [3.63, 3.8) is 0 Å². The minimum absolute atomic E-state index is 0.616. The van der Waals surface area contributed by atoms with Gasteiger partial charge < -0.3 is 4.57 Å². The molecule has 63 heavy (non-hydrogen) atoms. The van der Waals surface area contributed by atoms with Gasteiger partial charge in [0, 0.05) is 44.2 Å². The van der Waals surface area contributed by atoms with Crippen molar-refractivity contribution in [1.29, 1.82) is 0 Å². The normalized spacial score (nSPS) is 11.3. The highest BCUT2D eigenvalue weighted by Crippen LogP contribution is 2.40. The highest BCUT2D eigenvalue weighted by atomic mass is 15.0. The van der Waals surface area contributed by atoms with Crippen LogP contribution in [0.2, 0.25) is 0 Å². The minimum Gasteiger partial charge on any atom is -0.309 e. The van der Waals surface area contributed by atoms with Crippen molar-refractivity contribution in [3.05, 3.63) is 223 Å². The number of rotatable bonds is 8. The number of fused-ring (bicyclic) bond motifs is 3. The second-order valence-corrected chi connectivity index (χ2v) is 16.0. The average Bonchev–Trinajstić information content (AvgIpc) is 3.68. The summed E-state index contributed by atoms with van der Waals surface area (Å²) >= 11 is 0. The SMILES string of the molecule is Cc1ccc(-c2ccc3c(c2)c2ccccc2n3-c2ccc(-c3cc(-c4ccccc4)nc(-c4ccccc4)n3)cc2-c2nc(-c3ccccc3)cc(-c3ccccc3)n2)c(C)c1. The van der Waals surface area contributed by atoms with Gasteiger partial charge in [-0.15, -0.1) is 0 Å². The molecule has 0 saturated heterocycles. The van der Waals surface area contributed by atoms with E-state index in [4.69, 9.17) is 19.9 Å². The van der Waals surface area contributed by atoms with Gasteiger partial charge in [0.1, 0.15) is 0 Å². The zero-order chi connectivity index (χ0) is 42.3. The molecule has 3 heterocycles. The Labute approximate surface area is 366 Å². The van der Waals surface area contributed by atoms with Crippen molar-refractivity contribution in [3.8, 4) is 84.6 Å². The van der Waals surface area contributed by atoms with Gasteiger partial charge in [0.25, 0.3) is 0 Å². The highest BCUT2D eigenvalue weighted by molar-refractivity contribution is 6.11. The zero-order valence-corrected chi connectivity index (χ0v) is 34.9. The van der Waals surface area contributed by atoms with Crippen LogP contribution < -0.4 is 0 Å². The Morgan fingerprint density at radius 3 is 1.40 bits per heavy atom. The fourth-order valence-electron chi connectivity index (χ4n) is 8.76. The van der Waals surface area contributed by atoms with Gasteiger partial charge >= 0.3 is 0 Å². The van der Waals surface area contributed by atoms with E-state index in [1.165, 1.54) is 33.0 Å². The topological polar surface area (TPSA) is 56.5 Å². The molecular weight excluding hydrogens is 767 g/mol. The van der Waals surface area contributed by atoms with Crippen LogP contribution in [-0.4, -0.2) is 24.5 Å². The largest absolute Gasteiger partial charge is 0.309 e. The van der Waals surface area contributed by atoms with E-state index in [-0.39, 0.29) is 0 Å². The summed E-state index contributed by atoms with van der Waals surface area (Å²) in [5.41, 5.74) is 17.3. The van der Waals surface area contributed by atoms with E-state index in [2.05, 4.69) is 182 Å². The van der Waals surface area contributed by atoms with Crippen LogP contribution >= 0.6 is 0 Å². The van der Waals surface area contributed by atoms with Crippen molar-refractivity contribution in [1.82, 2.24) is 24.5 Å². The molecule has 0 spiro atoms. The molecular formula is C58H41N5. The number of hydrogen-bond acceptors (Lipinski definition) is 4. The third kappa shape index (κ3) is 7.15. The lowest BCUT2D eigenvalue weighted by atomic mass is 9.97. The van der Waals surface area contributed by atoms with Gasteiger partial charge in [0.05, 0.1) is 39.5 Å². The standard InChI is InChI=1S/C58H41N5/c1-38-27-30-46(39(2)33-38)44-28-31-55-48(34-44)47-25-15-16-26-54(47)63(55)56-32-29-45(53-37-50(40-17-7-3-8-18-40)59-57(60-53)43-23-13-6-14-24-43)35-49(56)58-61-51(41-19-9-4-10-20-41)36-52(62-58)42-21-11-5-12-22-42/h3-37H,1-2H3. The molecule has 8 aromatic carbocycles. The lowest BCUT2D eigenvalue weighted by molar-refractivity contribution is 1.13. The maximum Gasteiger partial charge on any atom is 0.162 e. The molecule has 5 nitrogen and oxygen atoms in total. The summed E-state index contributed by atoms with van der Waals surface area (Å²) in [4.78, 5) is 21.2. The van der Waals surface area contributed by atoms with Gasteiger partial charge in [-0.25, -0.2) is 19.9 Å². The Balaban J connectivity index is 1.19. The molecule has 0 unspecified atom stereocenters. The first-order chi connectivity index (χ1) is 31.0. The Bertz CT molecular complexity index is 3340. The molecule has 0 radical (unpaired) electrons. The van der Waals surface area contributed by atoms with E-state index >= 15 is 0 Å². The Hall–Kier alpha value is -8.28. The number of hydrogen-bond donors (Lipinski definition) is 0. The first-order valence-electron chi connectivity index (χ1n) is 21.3. The molecule has 0 N–H and O–H groups in total. The molecule has 0 aliphatic heterocycles. The first-order valence-corrected chi connectivity index (χ1v) is 21.3. The fraction of sp³-hybridized carbons (Fsp3) is 0.0345. The number of nitrogens with zero attached hydrogens (tertiary/aromatic N) is 5. The molecule has 0 amide bonds. The van der Waals surface area contributed by atoms with Crippen LogP contribution in [0.3, 0.4) is 0 Å². The molecule has 0 saturated carbocycles. The molecule has 3 aromatic heterocycles. The van der Waals surface area contributed by atoms with Gasteiger partial charge in [-0.05, 0) is 73.0 Å². The fourth-order valence-corrected chi connectivity index (χ4v) is 8.76. The summed E-state index contributed by atoms with van der Waals surface area (Å²) in [6.07, 6.45) is 0. The summed E-state index contributed by atoms with van der Waals surface area (Å²) in [6.45, 7) is 4.34. The second-order valence-electron chi connectivity index (χ2n) is 16.0. The molecule has 11 aromatic rings. The van der Waals surface area contributed by atoms with Gasteiger partial charge in [-0.2, -0.15) is 0 Å². The van der Waals surface area contributed by atoms with Crippen molar-refractivity contribution in [2.24, 2.45) is 0 Å². The molecule has 0 aliphatic rings. The van der Waals surface area contributed by atoms with Crippen LogP contribution in [0, 0.1) is 13.8 Å². The van der Waals surface area contributed by atoms with Gasteiger partial charge in [0.15, 0.2) is 11.6 Å². The molecule has 5 heteroatoms. The molecule has 11 rings (SSSR count). The van der Waals surface area contributed by atoms with Crippen LogP contribution in [0.5, 0.6) is 0 Å². The summed E-state index contributed by atoms with van der Waals surface area (Å²) in [5, 5.41) is 2.35. The van der Waals surface area contributed by atoms with Crippen molar-refractivity contribution < 1.29 is 0 Å². The second kappa shape index (κ2) is 16.0. The highest BCUT2D eigenvalue weighted by Gasteiger charge is 2.21. The minimum atomic E-state index is 0.616. The summed E-state index contributed by atoms with van der Waals surface area (Å²) < 4.78 is 2.38. The monoisotopic (exact) mass is 807 g/mol. The van der Waals surface area contributed by atoms with Crippen molar-refractivity contribution in [2.75, 3.05) is 0 Å². The van der Waals surface area contributed by atoms with E-state index in [0.29, 0.717) is 11.6 Å². The average molecular weight is 808 g/mol. The predicted molar refractivity (Wildman–Crippen MR) is 259 cm³/mol. The number of aryl methyl sites for hydroxylation is 2. The van der Waals surface area contributed by atoms with Gasteiger partial charge in [-0.3, -0.25) is 0 Å². The lowest BCUT2D eigenvalue weighted by Crippen LogP contribution is -2.03. The predicted octanol–water partition coefficient (Wildman–Crippen LogP) is 14.6. The van der Waals surface area contributed by atoms with E-state index in [0.717, 1.165) is 72.9 Å². The zero-order valence-electron chi connectivity index (χ0n) is 34.9. The Morgan fingerprint density at radius 2 is 0.810 bits per heavy atom. The van der Waals surface area contributed by atoms with Crippen LogP contribution in [-0.2, 0) is 0 Å². The maximum atomic E-state index is 5.41. The Kier molecular flexibility index (Phi) is 9.55. The van der Waals surface area contributed by atoms with Crippen LogP contribution in [0.25, 0.3) is 106 Å². The smallest absolute Gasteiger partial charge is 0.162 e. The van der Waals surface area contributed by atoms with Gasteiger partial charge in [-0.1, -0.05) is 175 Å². The maximum absolute atomic E-state index is 5.41. The number of benzene rings is 8. The molecule has 0 bridgehead atoms. The molecule has 0 fully saturated rings. The van der Waals surface area contributed by atoms with Crippen LogP contribution in [0.15, 0.2) is 212 Å². The third-order valence-electron chi connectivity index (χ3n) is 11.8. The number of aromatic nitrogens is 5. The summed E-state index contributed by atoms with van der Waals surface area (Å²) in [7, 11) is 0. The first kappa shape index (κ1) is 37.7. The third-order valence-corrected chi connectivity index (χ3v) is 11.8. The van der Waals surface area contributed by atoms with E-state index < -0.39 is 0 Å². The number of para-hydroxylation sites is 1. The van der Waals surface area contributed by atoms with Crippen molar-refractivity contribution in [2.45, 2.75) is 13.8 Å². The molecule has 0 atom stereocenters. The van der Waals surface area contributed by atoms with Crippen LogP contribution in [0.4, 0.5) is 0 Å². The molecule has 298 valence electrons. The quantitative estimate of drug-likeness (QED) is 0.153. The van der Waals surface area contributed by atoms with Crippen LogP contribution in [0.1, 0.15) is 11.1 Å². The van der Waals surface area contributed by atoms with Crippen molar-refractivity contribution >= 4 is 21.8 Å². The van der Waals surface area contributed by atoms with Gasteiger partial charge in [0.2, 0.25) is 0 Å². The van der Waals surface area contributed by atoms with E-state index in [1.807, 2.05) is 48.5 Å². The summed E-state index contributed by atoms with van der Waals surface area (Å²) in [6, 6.07) is 74.2. The summed E-state index contributed by atoms with van der Waals surface area (Å²) in [5.74, 6) is 1.28. The lowest BCUT2D eigenvalue weighted by Gasteiger charge is -2.17. The van der Waals surface area contributed by atoms with E-state index in [9.17, 15) is 0 Å².